The summed E-state index contributed by atoms with van der Waals surface area (Å²) in [6, 6.07) is 1.88. The Morgan fingerprint density at radius 2 is 1.93 bits per heavy atom. The normalized spacial score (nSPS) is 12.0. The Balaban J connectivity index is 2.74. The predicted molar refractivity (Wildman–Crippen MR) is 104 cm³/mol. The standard InChI is InChI=1S/C22H27F2NO3/c1-4-5-11-28-22(27)20(14-17-12-18(23)15-19(24)13-17)25-21(26)10-8-6-7-9-16(2)3/h1,8,10,12-13,15-16,20H,5-7,9,11,14H2,2-3H3,(H,25,26)/b10-8+/t20-/m0/s1. The quantitative estimate of drug-likeness (QED) is 0.269. The second-order valence-corrected chi connectivity index (χ2v) is 6.89. The molecular weight excluding hydrogens is 364 g/mol. The van der Waals surface area contributed by atoms with Crippen LogP contribution in [0.2, 0.25) is 0 Å². The van der Waals surface area contributed by atoms with Crippen molar-refractivity contribution in [1.82, 2.24) is 5.32 Å². The number of carbonyl (C=O) groups excluding carboxylic acids is 2. The zero-order valence-electron chi connectivity index (χ0n) is 16.3. The molecule has 4 nitrogen and oxygen atoms in total. The molecule has 1 aromatic rings. The molecule has 0 aliphatic carbocycles. The van der Waals surface area contributed by atoms with Crippen molar-refractivity contribution in [2.45, 2.75) is 52.0 Å². The van der Waals surface area contributed by atoms with Crippen molar-refractivity contribution >= 4 is 11.9 Å². The van der Waals surface area contributed by atoms with Gasteiger partial charge in [0.25, 0.3) is 0 Å². The Morgan fingerprint density at radius 1 is 1.25 bits per heavy atom. The number of hydrogen-bond acceptors (Lipinski definition) is 3. The van der Waals surface area contributed by atoms with Crippen LogP contribution in [0, 0.1) is 29.9 Å². The molecule has 6 heteroatoms. The van der Waals surface area contributed by atoms with Crippen LogP contribution in [-0.4, -0.2) is 24.5 Å². The van der Waals surface area contributed by atoms with Crippen LogP contribution in [-0.2, 0) is 20.7 Å². The third-order valence-corrected chi connectivity index (χ3v) is 3.88. The Morgan fingerprint density at radius 3 is 2.54 bits per heavy atom. The highest BCUT2D eigenvalue weighted by Gasteiger charge is 2.22. The minimum absolute atomic E-state index is 0.00422. The van der Waals surface area contributed by atoms with E-state index in [-0.39, 0.29) is 25.0 Å². The second kappa shape index (κ2) is 12.7. The molecule has 0 heterocycles. The molecule has 0 fully saturated rings. The van der Waals surface area contributed by atoms with E-state index >= 15 is 0 Å². The lowest BCUT2D eigenvalue weighted by Crippen LogP contribution is -2.42. The molecule has 0 spiro atoms. The molecule has 0 saturated carbocycles. The van der Waals surface area contributed by atoms with Gasteiger partial charge in [-0.15, -0.1) is 12.3 Å². The number of esters is 1. The fourth-order valence-electron chi connectivity index (χ4n) is 2.52. The first-order valence-corrected chi connectivity index (χ1v) is 9.34. The molecule has 0 aromatic heterocycles. The van der Waals surface area contributed by atoms with Crippen LogP contribution in [0.25, 0.3) is 0 Å². The summed E-state index contributed by atoms with van der Waals surface area (Å²) < 4.78 is 31.9. The van der Waals surface area contributed by atoms with Gasteiger partial charge in [-0.05, 0) is 42.5 Å². The molecule has 28 heavy (non-hydrogen) atoms. The van der Waals surface area contributed by atoms with Crippen molar-refractivity contribution in [3.63, 3.8) is 0 Å². The number of nitrogens with one attached hydrogen (secondary N) is 1. The number of carbonyl (C=O) groups is 2. The van der Waals surface area contributed by atoms with Gasteiger partial charge in [0.15, 0.2) is 0 Å². The van der Waals surface area contributed by atoms with Crippen molar-refractivity contribution in [2.75, 3.05) is 6.61 Å². The number of allylic oxidation sites excluding steroid dienone is 1. The van der Waals surface area contributed by atoms with E-state index in [4.69, 9.17) is 11.2 Å². The summed E-state index contributed by atoms with van der Waals surface area (Å²) in [5.41, 5.74) is 0.234. The third kappa shape index (κ3) is 9.86. The van der Waals surface area contributed by atoms with Gasteiger partial charge in [-0.2, -0.15) is 0 Å². The molecule has 0 saturated heterocycles. The van der Waals surface area contributed by atoms with Gasteiger partial charge in [-0.3, -0.25) is 4.79 Å². The summed E-state index contributed by atoms with van der Waals surface area (Å²) in [7, 11) is 0. The van der Waals surface area contributed by atoms with Crippen LogP contribution < -0.4 is 5.32 Å². The number of halogens is 2. The van der Waals surface area contributed by atoms with Gasteiger partial charge in [0, 0.05) is 18.9 Å². The molecule has 0 bridgehead atoms. The number of amides is 1. The average Bonchev–Trinajstić information content (AvgIpc) is 2.59. The first kappa shape index (κ1) is 23.4. The molecule has 0 radical (unpaired) electrons. The lowest BCUT2D eigenvalue weighted by atomic mass is 10.1. The number of rotatable bonds is 11. The van der Waals surface area contributed by atoms with Gasteiger partial charge >= 0.3 is 5.97 Å². The third-order valence-electron chi connectivity index (χ3n) is 3.88. The Hall–Kier alpha value is -2.68. The highest BCUT2D eigenvalue weighted by molar-refractivity contribution is 5.91. The summed E-state index contributed by atoms with van der Waals surface area (Å²) in [4.78, 5) is 24.4. The fraction of sp³-hybridized carbons (Fsp3) is 0.455. The molecule has 1 aromatic carbocycles. The largest absolute Gasteiger partial charge is 0.463 e. The lowest BCUT2D eigenvalue weighted by Gasteiger charge is -2.17. The van der Waals surface area contributed by atoms with Crippen LogP contribution in [0.4, 0.5) is 8.78 Å². The van der Waals surface area contributed by atoms with E-state index in [1.807, 2.05) is 0 Å². The average molecular weight is 391 g/mol. The summed E-state index contributed by atoms with van der Waals surface area (Å²) in [5.74, 6) is 0.238. The van der Waals surface area contributed by atoms with Gasteiger partial charge < -0.3 is 10.1 Å². The summed E-state index contributed by atoms with van der Waals surface area (Å²) in [6.45, 7) is 4.26. The zero-order valence-corrected chi connectivity index (χ0v) is 16.3. The summed E-state index contributed by atoms with van der Waals surface area (Å²) >= 11 is 0. The highest BCUT2D eigenvalue weighted by Crippen LogP contribution is 2.11. The molecule has 1 N–H and O–H groups in total. The number of ether oxygens (including phenoxy) is 1. The molecular formula is C22H27F2NO3. The Labute approximate surface area is 165 Å². The molecule has 1 amide bonds. The van der Waals surface area contributed by atoms with Crippen LogP contribution in [0.1, 0.15) is 45.1 Å². The van der Waals surface area contributed by atoms with Crippen molar-refractivity contribution in [2.24, 2.45) is 5.92 Å². The second-order valence-electron chi connectivity index (χ2n) is 6.89. The highest BCUT2D eigenvalue weighted by atomic mass is 19.1. The van der Waals surface area contributed by atoms with Crippen molar-refractivity contribution in [3.8, 4) is 12.3 Å². The first-order valence-electron chi connectivity index (χ1n) is 9.34. The SMILES string of the molecule is C#CCCOC(=O)[C@H](Cc1cc(F)cc(F)c1)NC(=O)/C=C/CCCC(C)C. The predicted octanol–water partition coefficient (Wildman–Crippen LogP) is 3.94. The Bertz CT molecular complexity index is 703. The minimum atomic E-state index is -1.08. The van der Waals surface area contributed by atoms with E-state index in [1.165, 1.54) is 6.08 Å². The van der Waals surface area contributed by atoms with Crippen molar-refractivity contribution < 1.29 is 23.1 Å². The van der Waals surface area contributed by atoms with Crippen LogP contribution >= 0.6 is 0 Å². The van der Waals surface area contributed by atoms with E-state index in [0.29, 0.717) is 5.92 Å². The number of terminal acetylenes is 1. The van der Waals surface area contributed by atoms with Crippen LogP contribution in [0.3, 0.4) is 0 Å². The molecule has 0 aliphatic rings. The van der Waals surface area contributed by atoms with Gasteiger partial charge in [-0.1, -0.05) is 26.3 Å². The lowest BCUT2D eigenvalue weighted by molar-refractivity contribution is -0.147. The van der Waals surface area contributed by atoms with Gasteiger partial charge in [0.05, 0.1) is 0 Å². The van der Waals surface area contributed by atoms with Crippen LogP contribution in [0.5, 0.6) is 0 Å². The molecule has 0 unspecified atom stereocenters. The smallest absolute Gasteiger partial charge is 0.329 e. The number of unbranched alkanes of at least 4 members (excludes halogenated alkanes) is 1. The molecule has 1 atom stereocenters. The maximum Gasteiger partial charge on any atom is 0.329 e. The van der Waals surface area contributed by atoms with Crippen molar-refractivity contribution in [1.29, 1.82) is 0 Å². The van der Waals surface area contributed by atoms with E-state index in [9.17, 15) is 18.4 Å². The van der Waals surface area contributed by atoms with Gasteiger partial charge in [0.1, 0.15) is 24.3 Å². The van der Waals surface area contributed by atoms with E-state index in [2.05, 4.69) is 25.1 Å². The fourth-order valence-corrected chi connectivity index (χ4v) is 2.52. The van der Waals surface area contributed by atoms with Gasteiger partial charge in [-0.25, -0.2) is 13.6 Å². The topological polar surface area (TPSA) is 55.4 Å². The monoisotopic (exact) mass is 391 g/mol. The van der Waals surface area contributed by atoms with Crippen LogP contribution in [0.15, 0.2) is 30.4 Å². The van der Waals surface area contributed by atoms with Crippen molar-refractivity contribution in [3.05, 3.63) is 47.5 Å². The number of benzene rings is 1. The van der Waals surface area contributed by atoms with E-state index in [1.54, 1.807) is 6.08 Å². The van der Waals surface area contributed by atoms with E-state index in [0.717, 1.165) is 37.5 Å². The molecule has 0 aliphatic heterocycles. The first-order chi connectivity index (χ1) is 13.3. The van der Waals surface area contributed by atoms with E-state index < -0.39 is 29.6 Å². The maximum absolute atomic E-state index is 13.4. The zero-order chi connectivity index (χ0) is 20.9. The summed E-state index contributed by atoms with van der Waals surface area (Å²) in [6.07, 6.45) is 11.1. The maximum atomic E-state index is 13.4. The minimum Gasteiger partial charge on any atom is -0.463 e. The van der Waals surface area contributed by atoms with Gasteiger partial charge in [0.2, 0.25) is 5.91 Å². The molecule has 1 rings (SSSR count). The molecule has 152 valence electrons. The number of hydrogen-bond donors (Lipinski definition) is 1. The Kier molecular flexibility index (Phi) is 10.6. The summed E-state index contributed by atoms with van der Waals surface area (Å²) in [5, 5.41) is 2.53.